The molecule has 0 aliphatic rings. The molecular formula is C16H18FNO3. The highest BCUT2D eigenvalue weighted by atomic mass is 19.1. The van der Waals surface area contributed by atoms with Crippen LogP contribution in [0, 0.1) is 5.82 Å². The lowest BCUT2D eigenvalue weighted by molar-refractivity contribution is 0.410. The highest BCUT2D eigenvalue weighted by Gasteiger charge is 2.14. The Morgan fingerprint density at radius 2 is 1.67 bits per heavy atom. The molecule has 5 heteroatoms. The van der Waals surface area contributed by atoms with Gasteiger partial charge >= 0.3 is 0 Å². The molecule has 2 aromatic carbocycles. The van der Waals surface area contributed by atoms with Crippen LogP contribution in [0.2, 0.25) is 0 Å². The molecular weight excluding hydrogens is 273 g/mol. The van der Waals surface area contributed by atoms with Crippen LogP contribution in [0.15, 0.2) is 36.4 Å². The molecule has 4 nitrogen and oxygen atoms in total. The predicted octanol–water partition coefficient (Wildman–Crippen LogP) is 3.72. The summed E-state index contributed by atoms with van der Waals surface area (Å²) in [6.07, 6.45) is 0. The fourth-order valence-corrected chi connectivity index (χ4v) is 2.06. The highest BCUT2D eigenvalue weighted by molar-refractivity contribution is 5.53. The molecule has 0 saturated carbocycles. The third-order valence-electron chi connectivity index (χ3n) is 3.25. The van der Waals surface area contributed by atoms with Gasteiger partial charge in [-0.1, -0.05) is 0 Å². The van der Waals surface area contributed by atoms with Gasteiger partial charge in [0.05, 0.1) is 25.9 Å². The van der Waals surface area contributed by atoms with Crippen molar-refractivity contribution in [3.63, 3.8) is 0 Å². The first-order valence-electron chi connectivity index (χ1n) is 6.52. The number of benzene rings is 2. The zero-order valence-electron chi connectivity index (χ0n) is 12.2. The summed E-state index contributed by atoms with van der Waals surface area (Å²) >= 11 is 0. The van der Waals surface area contributed by atoms with E-state index in [4.69, 9.17) is 9.47 Å². The Kier molecular flexibility index (Phi) is 4.52. The largest absolute Gasteiger partial charge is 0.508 e. The maximum atomic E-state index is 13.8. The summed E-state index contributed by atoms with van der Waals surface area (Å²) in [6.45, 7) is 1.83. The molecule has 112 valence electrons. The van der Waals surface area contributed by atoms with Gasteiger partial charge in [-0.25, -0.2) is 4.39 Å². The van der Waals surface area contributed by atoms with Crippen LogP contribution >= 0.6 is 0 Å². The van der Waals surface area contributed by atoms with Gasteiger partial charge in [0.2, 0.25) is 0 Å². The van der Waals surface area contributed by atoms with Gasteiger partial charge in [-0.2, -0.15) is 0 Å². The molecule has 0 bridgehead atoms. The molecule has 0 radical (unpaired) electrons. The summed E-state index contributed by atoms with van der Waals surface area (Å²) in [5.74, 6) is 0.924. The van der Waals surface area contributed by atoms with Crippen LogP contribution in [0.25, 0.3) is 0 Å². The van der Waals surface area contributed by atoms with Gasteiger partial charge in [-0.15, -0.1) is 0 Å². The van der Waals surface area contributed by atoms with Crippen molar-refractivity contribution in [3.05, 3.63) is 47.8 Å². The van der Waals surface area contributed by atoms with E-state index in [-0.39, 0.29) is 17.6 Å². The minimum Gasteiger partial charge on any atom is -0.508 e. The second-order valence-electron chi connectivity index (χ2n) is 4.64. The predicted molar refractivity (Wildman–Crippen MR) is 79.6 cm³/mol. The van der Waals surface area contributed by atoms with Crippen LogP contribution in [0.4, 0.5) is 10.1 Å². The van der Waals surface area contributed by atoms with E-state index in [1.54, 1.807) is 37.4 Å². The van der Waals surface area contributed by atoms with Gasteiger partial charge in [-0.05, 0) is 37.3 Å². The Balaban J connectivity index is 2.27. The quantitative estimate of drug-likeness (QED) is 0.881. The van der Waals surface area contributed by atoms with E-state index in [2.05, 4.69) is 5.32 Å². The fourth-order valence-electron chi connectivity index (χ4n) is 2.06. The molecule has 1 atom stereocenters. The van der Waals surface area contributed by atoms with Crippen molar-refractivity contribution < 1.29 is 19.0 Å². The normalized spacial score (nSPS) is 11.8. The Morgan fingerprint density at radius 1 is 1.05 bits per heavy atom. The van der Waals surface area contributed by atoms with Gasteiger partial charge in [0, 0.05) is 11.6 Å². The Labute approximate surface area is 123 Å². The Hall–Kier alpha value is -2.43. The SMILES string of the molecule is COc1ccc(F)c(NC(C)c2cc(OC)ccc2O)c1. The molecule has 2 rings (SSSR count). The van der Waals surface area contributed by atoms with Gasteiger partial charge in [0.25, 0.3) is 0 Å². The van der Waals surface area contributed by atoms with Crippen molar-refractivity contribution in [2.45, 2.75) is 13.0 Å². The molecule has 0 aliphatic carbocycles. The number of phenols is 1. The number of hydrogen-bond acceptors (Lipinski definition) is 4. The number of anilines is 1. The second kappa shape index (κ2) is 6.35. The number of methoxy groups -OCH3 is 2. The number of aromatic hydroxyl groups is 1. The van der Waals surface area contributed by atoms with Gasteiger partial charge in [0.15, 0.2) is 0 Å². The van der Waals surface area contributed by atoms with Crippen molar-refractivity contribution in [1.29, 1.82) is 0 Å². The van der Waals surface area contributed by atoms with Crippen molar-refractivity contribution in [3.8, 4) is 17.2 Å². The summed E-state index contributed by atoms with van der Waals surface area (Å²) in [4.78, 5) is 0. The molecule has 0 aliphatic heterocycles. The molecule has 0 aromatic heterocycles. The first-order valence-corrected chi connectivity index (χ1v) is 6.52. The maximum Gasteiger partial charge on any atom is 0.146 e. The van der Waals surface area contributed by atoms with E-state index in [9.17, 15) is 9.50 Å². The van der Waals surface area contributed by atoms with Crippen LogP contribution in [0.1, 0.15) is 18.5 Å². The van der Waals surface area contributed by atoms with Crippen LogP contribution in [0.5, 0.6) is 17.2 Å². The van der Waals surface area contributed by atoms with E-state index in [0.717, 1.165) is 0 Å². The Morgan fingerprint density at radius 3 is 2.33 bits per heavy atom. The molecule has 0 heterocycles. The van der Waals surface area contributed by atoms with Crippen molar-refractivity contribution >= 4 is 5.69 Å². The zero-order valence-corrected chi connectivity index (χ0v) is 12.2. The van der Waals surface area contributed by atoms with E-state index in [1.165, 1.54) is 13.2 Å². The fraction of sp³-hybridized carbons (Fsp3) is 0.250. The zero-order chi connectivity index (χ0) is 15.4. The Bertz CT molecular complexity index is 631. The maximum absolute atomic E-state index is 13.8. The topological polar surface area (TPSA) is 50.7 Å². The summed E-state index contributed by atoms with van der Waals surface area (Å²) in [5.41, 5.74) is 0.931. The first-order chi connectivity index (χ1) is 10.0. The van der Waals surface area contributed by atoms with Crippen LogP contribution in [-0.4, -0.2) is 19.3 Å². The van der Waals surface area contributed by atoms with E-state index < -0.39 is 0 Å². The minimum absolute atomic E-state index is 0.124. The first kappa shape index (κ1) is 15.0. The number of rotatable bonds is 5. The molecule has 2 aromatic rings. The number of hydrogen-bond donors (Lipinski definition) is 2. The van der Waals surface area contributed by atoms with E-state index in [1.807, 2.05) is 6.92 Å². The monoisotopic (exact) mass is 291 g/mol. The molecule has 0 saturated heterocycles. The molecule has 21 heavy (non-hydrogen) atoms. The third-order valence-corrected chi connectivity index (χ3v) is 3.25. The van der Waals surface area contributed by atoms with Crippen LogP contribution < -0.4 is 14.8 Å². The van der Waals surface area contributed by atoms with Gasteiger partial charge in [0.1, 0.15) is 23.1 Å². The molecule has 2 N–H and O–H groups in total. The smallest absolute Gasteiger partial charge is 0.146 e. The molecule has 1 unspecified atom stereocenters. The standard InChI is InChI=1S/C16H18FNO3/c1-10(13-8-11(20-2)5-7-16(13)19)18-15-9-12(21-3)4-6-14(15)17/h4-10,18-19H,1-3H3. The lowest BCUT2D eigenvalue weighted by atomic mass is 10.1. The van der Waals surface area contributed by atoms with Gasteiger partial charge in [-0.3, -0.25) is 0 Å². The van der Waals surface area contributed by atoms with Crippen LogP contribution in [0.3, 0.4) is 0 Å². The lowest BCUT2D eigenvalue weighted by Crippen LogP contribution is -2.08. The average molecular weight is 291 g/mol. The van der Waals surface area contributed by atoms with Crippen molar-refractivity contribution in [1.82, 2.24) is 0 Å². The summed E-state index contributed by atoms with van der Waals surface area (Å²) in [7, 11) is 3.07. The number of ether oxygens (including phenoxy) is 2. The van der Waals surface area contributed by atoms with Crippen molar-refractivity contribution in [2.75, 3.05) is 19.5 Å². The molecule has 0 fully saturated rings. The average Bonchev–Trinajstić information content (AvgIpc) is 2.49. The summed E-state index contributed by atoms with van der Waals surface area (Å²) in [6, 6.07) is 9.08. The lowest BCUT2D eigenvalue weighted by Gasteiger charge is -2.18. The van der Waals surface area contributed by atoms with Crippen molar-refractivity contribution in [2.24, 2.45) is 0 Å². The third kappa shape index (κ3) is 3.37. The van der Waals surface area contributed by atoms with E-state index >= 15 is 0 Å². The molecule has 0 amide bonds. The number of halogens is 1. The van der Waals surface area contributed by atoms with Gasteiger partial charge < -0.3 is 19.9 Å². The van der Waals surface area contributed by atoms with E-state index in [0.29, 0.717) is 22.7 Å². The highest BCUT2D eigenvalue weighted by Crippen LogP contribution is 2.32. The second-order valence-corrected chi connectivity index (χ2v) is 4.64. The minimum atomic E-state index is -0.384. The summed E-state index contributed by atoms with van der Waals surface area (Å²) < 4.78 is 24.0. The van der Waals surface area contributed by atoms with Crippen LogP contribution in [-0.2, 0) is 0 Å². The molecule has 0 spiro atoms. The number of nitrogens with one attached hydrogen (secondary N) is 1. The summed E-state index contributed by atoms with van der Waals surface area (Å²) in [5, 5.41) is 13.0. The number of phenolic OH excluding ortho intramolecular Hbond substituents is 1.